The molecule has 1 unspecified atom stereocenters. The number of amides is 1. The van der Waals surface area contributed by atoms with Gasteiger partial charge in [-0.05, 0) is 48.9 Å². The van der Waals surface area contributed by atoms with E-state index in [1.807, 2.05) is 30.6 Å². The number of carbonyl (C=O) groups is 1. The Morgan fingerprint density at radius 3 is 2.96 bits per heavy atom. The van der Waals surface area contributed by atoms with E-state index in [-0.39, 0.29) is 11.8 Å². The van der Waals surface area contributed by atoms with Crippen LogP contribution in [0.3, 0.4) is 0 Å². The van der Waals surface area contributed by atoms with Gasteiger partial charge >= 0.3 is 0 Å². The molecule has 1 heterocycles. The monoisotopic (exact) mass is 333 g/mol. The molecule has 0 bridgehead atoms. The first kappa shape index (κ1) is 15.9. The van der Waals surface area contributed by atoms with E-state index in [1.165, 1.54) is 11.1 Å². The Balaban J connectivity index is 1.33. The van der Waals surface area contributed by atoms with Crippen molar-refractivity contribution in [3.8, 4) is 0 Å². The fraction of sp³-hybridized carbons (Fsp3) is 0.333. The van der Waals surface area contributed by atoms with Crippen molar-refractivity contribution < 1.29 is 4.79 Å². The number of nitrogens with zero attached hydrogens (tertiary/aromatic N) is 2. The van der Waals surface area contributed by atoms with Crippen LogP contribution in [0.25, 0.3) is 11.0 Å². The highest BCUT2D eigenvalue weighted by Crippen LogP contribution is 2.31. The van der Waals surface area contributed by atoms with E-state index in [4.69, 9.17) is 0 Å². The Hall–Kier alpha value is -2.62. The summed E-state index contributed by atoms with van der Waals surface area (Å²) in [5, 5.41) is 3.13. The summed E-state index contributed by atoms with van der Waals surface area (Å²) in [4.78, 5) is 17.0. The molecule has 1 aliphatic carbocycles. The van der Waals surface area contributed by atoms with Crippen LogP contribution in [0, 0.1) is 0 Å². The number of fused-ring (bicyclic) bond motifs is 2. The zero-order valence-corrected chi connectivity index (χ0v) is 14.3. The standard InChI is InChI=1S/C21H23N3O/c25-21(18-10-5-8-16-7-1-2-9-17(16)18)22-13-6-14-24-15-23-19-11-3-4-12-20(19)24/h1-4,7,9,11-12,15,18H,5-6,8,10,13-14H2,(H,22,25). The summed E-state index contributed by atoms with van der Waals surface area (Å²) in [6.45, 7) is 1.56. The summed E-state index contributed by atoms with van der Waals surface area (Å²) in [6, 6.07) is 16.5. The maximum absolute atomic E-state index is 12.6. The third kappa shape index (κ3) is 3.29. The van der Waals surface area contributed by atoms with Gasteiger partial charge in [0.1, 0.15) is 0 Å². The molecule has 1 N–H and O–H groups in total. The van der Waals surface area contributed by atoms with Crippen LogP contribution in [0.4, 0.5) is 0 Å². The molecule has 1 aromatic heterocycles. The van der Waals surface area contributed by atoms with E-state index < -0.39 is 0 Å². The summed E-state index contributed by atoms with van der Waals surface area (Å²) >= 11 is 0. The Kier molecular flexibility index (Phi) is 4.51. The third-order valence-electron chi connectivity index (χ3n) is 5.09. The van der Waals surface area contributed by atoms with Crippen molar-refractivity contribution in [1.82, 2.24) is 14.9 Å². The minimum atomic E-state index is 0.0130. The van der Waals surface area contributed by atoms with Crippen LogP contribution < -0.4 is 5.32 Å². The Morgan fingerprint density at radius 1 is 1.16 bits per heavy atom. The quantitative estimate of drug-likeness (QED) is 0.724. The van der Waals surface area contributed by atoms with Crippen LogP contribution in [-0.2, 0) is 17.8 Å². The molecule has 0 aliphatic heterocycles. The van der Waals surface area contributed by atoms with Gasteiger partial charge in [-0.15, -0.1) is 0 Å². The number of nitrogens with one attached hydrogen (secondary N) is 1. The second kappa shape index (κ2) is 7.09. The number of hydrogen-bond acceptors (Lipinski definition) is 2. The van der Waals surface area contributed by atoms with E-state index in [0.29, 0.717) is 6.54 Å². The Labute approximate surface area is 147 Å². The zero-order chi connectivity index (χ0) is 17.1. The topological polar surface area (TPSA) is 46.9 Å². The lowest BCUT2D eigenvalue weighted by Gasteiger charge is -2.24. The van der Waals surface area contributed by atoms with Crippen LogP contribution >= 0.6 is 0 Å². The molecule has 0 spiro atoms. The van der Waals surface area contributed by atoms with E-state index in [9.17, 15) is 4.79 Å². The fourth-order valence-corrected chi connectivity index (χ4v) is 3.80. The maximum atomic E-state index is 12.6. The summed E-state index contributed by atoms with van der Waals surface area (Å²) < 4.78 is 2.15. The van der Waals surface area contributed by atoms with Crippen molar-refractivity contribution in [3.05, 3.63) is 66.0 Å². The normalized spacial score (nSPS) is 16.6. The van der Waals surface area contributed by atoms with Crippen molar-refractivity contribution in [2.24, 2.45) is 0 Å². The van der Waals surface area contributed by atoms with Crippen LogP contribution in [-0.4, -0.2) is 22.0 Å². The zero-order valence-electron chi connectivity index (χ0n) is 14.3. The lowest BCUT2D eigenvalue weighted by atomic mass is 9.82. The molecule has 4 rings (SSSR count). The van der Waals surface area contributed by atoms with Gasteiger partial charge in [-0.2, -0.15) is 0 Å². The molecule has 4 heteroatoms. The molecular formula is C21H23N3O. The van der Waals surface area contributed by atoms with Gasteiger partial charge in [0.25, 0.3) is 0 Å². The average molecular weight is 333 g/mol. The molecule has 4 nitrogen and oxygen atoms in total. The second-order valence-electron chi connectivity index (χ2n) is 6.71. The Morgan fingerprint density at radius 2 is 2.00 bits per heavy atom. The first-order valence-corrected chi connectivity index (χ1v) is 9.08. The molecule has 0 radical (unpaired) electrons. The molecule has 3 aromatic rings. The average Bonchev–Trinajstić information content (AvgIpc) is 3.08. The number of aryl methyl sites for hydroxylation is 2. The van der Waals surface area contributed by atoms with Gasteiger partial charge in [-0.3, -0.25) is 4.79 Å². The van der Waals surface area contributed by atoms with Crippen molar-refractivity contribution in [2.75, 3.05) is 6.54 Å². The number of aromatic nitrogens is 2. The highest BCUT2D eigenvalue weighted by molar-refractivity contribution is 5.84. The molecule has 128 valence electrons. The second-order valence-corrected chi connectivity index (χ2v) is 6.71. The van der Waals surface area contributed by atoms with Gasteiger partial charge in [0.2, 0.25) is 5.91 Å². The minimum Gasteiger partial charge on any atom is -0.356 e. The SMILES string of the molecule is O=C(NCCCn1cnc2ccccc21)C1CCCc2ccccc21. The van der Waals surface area contributed by atoms with Gasteiger partial charge in [-0.25, -0.2) is 4.98 Å². The predicted molar refractivity (Wildman–Crippen MR) is 99.5 cm³/mol. The highest BCUT2D eigenvalue weighted by Gasteiger charge is 2.25. The lowest BCUT2D eigenvalue weighted by Crippen LogP contribution is -2.32. The Bertz CT molecular complexity index is 883. The van der Waals surface area contributed by atoms with Crippen LogP contribution in [0.2, 0.25) is 0 Å². The molecule has 1 atom stereocenters. The van der Waals surface area contributed by atoms with Gasteiger partial charge in [0.15, 0.2) is 0 Å². The lowest BCUT2D eigenvalue weighted by molar-refractivity contribution is -0.122. The van der Waals surface area contributed by atoms with Crippen molar-refractivity contribution >= 4 is 16.9 Å². The first-order chi connectivity index (χ1) is 12.3. The number of rotatable bonds is 5. The molecule has 0 saturated carbocycles. The van der Waals surface area contributed by atoms with Gasteiger partial charge in [0.05, 0.1) is 23.3 Å². The predicted octanol–water partition coefficient (Wildman–Crippen LogP) is 3.66. The molecule has 0 saturated heterocycles. The molecular weight excluding hydrogens is 310 g/mol. The first-order valence-electron chi connectivity index (χ1n) is 9.08. The summed E-state index contributed by atoms with van der Waals surface area (Å²) in [7, 11) is 0. The smallest absolute Gasteiger partial charge is 0.227 e. The summed E-state index contributed by atoms with van der Waals surface area (Å²) in [6.07, 6.45) is 5.92. The number of para-hydroxylation sites is 2. The van der Waals surface area contributed by atoms with Crippen molar-refractivity contribution in [2.45, 2.75) is 38.1 Å². The molecule has 0 fully saturated rings. The van der Waals surface area contributed by atoms with Crippen LogP contribution in [0.5, 0.6) is 0 Å². The minimum absolute atomic E-state index is 0.0130. The van der Waals surface area contributed by atoms with Gasteiger partial charge in [0, 0.05) is 13.1 Å². The van der Waals surface area contributed by atoms with E-state index >= 15 is 0 Å². The van der Waals surface area contributed by atoms with Crippen LogP contribution in [0.15, 0.2) is 54.9 Å². The van der Waals surface area contributed by atoms with Crippen molar-refractivity contribution in [1.29, 1.82) is 0 Å². The highest BCUT2D eigenvalue weighted by atomic mass is 16.1. The van der Waals surface area contributed by atoms with Crippen molar-refractivity contribution in [3.63, 3.8) is 0 Å². The maximum Gasteiger partial charge on any atom is 0.227 e. The third-order valence-corrected chi connectivity index (χ3v) is 5.09. The number of imidazole rings is 1. The number of carbonyl (C=O) groups excluding carboxylic acids is 1. The fourth-order valence-electron chi connectivity index (χ4n) is 3.80. The molecule has 1 aliphatic rings. The summed E-state index contributed by atoms with van der Waals surface area (Å²) in [5.41, 5.74) is 4.71. The van der Waals surface area contributed by atoms with E-state index in [2.05, 4.69) is 39.1 Å². The van der Waals surface area contributed by atoms with Crippen LogP contribution in [0.1, 0.15) is 36.3 Å². The van der Waals surface area contributed by atoms with E-state index in [0.717, 1.165) is 43.3 Å². The molecule has 25 heavy (non-hydrogen) atoms. The van der Waals surface area contributed by atoms with E-state index in [1.54, 1.807) is 0 Å². The molecule has 1 amide bonds. The number of hydrogen-bond donors (Lipinski definition) is 1. The largest absolute Gasteiger partial charge is 0.356 e. The molecule has 2 aromatic carbocycles. The van der Waals surface area contributed by atoms with Gasteiger partial charge in [-0.1, -0.05) is 36.4 Å². The number of benzene rings is 2. The summed E-state index contributed by atoms with van der Waals surface area (Å²) in [5.74, 6) is 0.182. The van der Waals surface area contributed by atoms with Gasteiger partial charge < -0.3 is 9.88 Å².